The van der Waals surface area contributed by atoms with Crippen molar-refractivity contribution in [2.24, 2.45) is 0 Å². The van der Waals surface area contributed by atoms with Gasteiger partial charge in [-0.15, -0.1) is 0 Å². The summed E-state index contributed by atoms with van der Waals surface area (Å²) in [7, 11) is -3.45. The van der Waals surface area contributed by atoms with E-state index in [1.165, 1.54) is 0 Å². The second-order valence-corrected chi connectivity index (χ2v) is 8.60. The van der Waals surface area contributed by atoms with Crippen molar-refractivity contribution in [1.82, 2.24) is 10.0 Å². The maximum Gasteiger partial charge on any atom is 0.240 e. The van der Waals surface area contributed by atoms with Crippen molar-refractivity contribution in [3.63, 3.8) is 0 Å². The van der Waals surface area contributed by atoms with Gasteiger partial charge in [0.05, 0.1) is 4.90 Å². The molecule has 1 aromatic rings. The summed E-state index contributed by atoms with van der Waals surface area (Å²) >= 11 is 0. The SMILES string of the molecule is CC1NCCCC1NS(=O)(=O)c1ccc(C(C)(C)C)cc1. The van der Waals surface area contributed by atoms with Gasteiger partial charge in [-0.1, -0.05) is 32.9 Å². The summed E-state index contributed by atoms with van der Waals surface area (Å²) in [5, 5.41) is 3.31. The molecule has 2 rings (SSSR count). The van der Waals surface area contributed by atoms with Crippen molar-refractivity contribution in [2.75, 3.05) is 6.54 Å². The second-order valence-electron chi connectivity index (χ2n) is 6.89. The number of benzene rings is 1. The smallest absolute Gasteiger partial charge is 0.240 e. The number of piperidine rings is 1. The quantitative estimate of drug-likeness (QED) is 0.901. The number of sulfonamides is 1. The molecule has 2 N–H and O–H groups in total. The van der Waals surface area contributed by atoms with Crippen molar-refractivity contribution >= 4 is 10.0 Å². The van der Waals surface area contributed by atoms with Gasteiger partial charge in [0.1, 0.15) is 0 Å². The number of hydrogen-bond acceptors (Lipinski definition) is 3. The summed E-state index contributed by atoms with van der Waals surface area (Å²) in [5.41, 5.74) is 1.16. The molecule has 5 heteroatoms. The minimum atomic E-state index is -3.45. The predicted molar refractivity (Wildman–Crippen MR) is 86.0 cm³/mol. The third-order valence-corrected chi connectivity index (χ3v) is 5.60. The van der Waals surface area contributed by atoms with Crippen molar-refractivity contribution in [1.29, 1.82) is 0 Å². The Labute approximate surface area is 128 Å². The van der Waals surface area contributed by atoms with E-state index in [-0.39, 0.29) is 17.5 Å². The van der Waals surface area contributed by atoms with Crippen LogP contribution >= 0.6 is 0 Å². The summed E-state index contributed by atoms with van der Waals surface area (Å²) in [6.45, 7) is 9.33. The molecule has 1 aliphatic heterocycles. The van der Waals surface area contributed by atoms with E-state index in [4.69, 9.17) is 0 Å². The fourth-order valence-electron chi connectivity index (χ4n) is 2.61. The van der Waals surface area contributed by atoms with Gasteiger partial charge in [0.15, 0.2) is 0 Å². The molecule has 2 atom stereocenters. The predicted octanol–water partition coefficient (Wildman–Crippen LogP) is 2.40. The van der Waals surface area contributed by atoms with Crippen LogP contribution in [0.1, 0.15) is 46.1 Å². The normalized spacial score (nSPS) is 24.0. The van der Waals surface area contributed by atoms with Crippen LogP contribution in [0.2, 0.25) is 0 Å². The van der Waals surface area contributed by atoms with Crippen LogP contribution in [0.25, 0.3) is 0 Å². The average molecular weight is 310 g/mol. The molecule has 1 fully saturated rings. The van der Waals surface area contributed by atoms with E-state index in [0.29, 0.717) is 4.90 Å². The number of nitrogens with one attached hydrogen (secondary N) is 2. The minimum Gasteiger partial charge on any atom is -0.313 e. The van der Waals surface area contributed by atoms with Crippen LogP contribution in [0, 0.1) is 0 Å². The van der Waals surface area contributed by atoms with E-state index in [9.17, 15) is 8.42 Å². The zero-order valence-corrected chi connectivity index (χ0v) is 14.1. The molecule has 0 amide bonds. The van der Waals surface area contributed by atoms with E-state index in [1.54, 1.807) is 12.1 Å². The van der Waals surface area contributed by atoms with Crippen LogP contribution in [-0.2, 0) is 15.4 Å². The molecule has 2 unspecified atom stereocenters. The standard InChI is InChI=1S/C16H26N2O2S/c1-12-15(6-5-11-17-12)18-21(19,20)14-9-7-13(8-10-14)16(2,3)4/h7-10,12,15,17-18H,5-6,11H2,1-4H3. The summed E-state index contributed by atoms with van der Waals surface area (Å²) < 4.78 is 27.8. The maximum atomic E-state index is 12.5. The zero-order chi connectivity index (χ0) is 15.7. The second kappa shape index (κ2) is 6.07. The van der Waals surface area contributed by atoms with Gasteiger partial charge in [-0.05, 0) is 49.4 Å². The fraction of sp³-hybridized carbons (Fsp3) is 0.625. The van der Waals surface area contributed by atoms with Gasteiger partial charge in [-0.25, -0.2) is 13.1 Å². The lowest BCUT2D eigenvalue weighted by molar-refractivity contribution is 0.349. The third-order valence-electron chi connectivity index (χ3n) is 4.10. The van der Waals surface area contributed by atoms with Crippen LogP contribution in [0.5, 0.6) is 0 Å². The van der Waals surface area contributed by atoms with Crippen molar-refractivity contribution in [3.05, 3.63) is 29.8 Å². The fourth-order valence-corrected chi connectivity index (χ4v) is 3.96. The summed E-state index contributed by atoms with van der Waals surface area (Å²) in [5.74, 6) is 0. The zero-order valence-electron chi connectivity index (χ0n) is 13.3. The van der Waals surface area contributed by atoms with Crippen LogP contribution in [0.4, 0.5) is 0 Å². The van der Waals surface area contributed by atoms with Gasteiger partial charge in [0.2, 0.25) is 10.0 Å². The first-order valence-electron chi connectivity index (χ1n) is 7.56. The van der Waals surface area contributed by atoms with E-state index in [0.717, 1.165) is 24.9 Å². The monoisotopic (exact) mass is 310 g/mol. The van der Waals surface area contributed by atoms with E-state index >= 15 is 0 Å². The molecule has 118 valence electrons. The van der Waals surface area contributed by atoms with Crippen LogP contribution < -0.4 is 10.0 Å². The highest BCUT2D eigenvalue weighted by atomic mass is 32.2. The highest BCUT2D eigenvalue weighted by Crippen LogP contribution is 2.23. The van der Waals surface area contributed by atoms with Crippen LogP contribution in [0.15, 0.2) is 29.2 Å². The minimum absolute atomic E-state index is 0.0253. The maximum absolute atomic E-state index is 12.5. The first-order valence-corrected chi connectivity index (χ1v) is 9.05. The average Bonchev–Trinajstić information content (AvgIpc) is 2.40. The Morgan fingerprint density at radius 3 is 2.33 bits per heavy atom. The van der Waals surface area contributed by atoms with Crippen molar-refractivity contribution in [3.8, 4) is 0 Å². The molecule has 1 heterocycles. The molecule has 4 nitrogen and oxygen atoms in total. The van der Waals surface area contributed by atoms with Gasteiger partial charge in [-0.2, -0.15) is 0 Å². The molecule has 21 heavy (non-hydrogen) atoms. The Kier molecular flexibility index (Phi) is 4.76. The molecule has 0 bridgehead atoms. The summed E-state index contributed by atoms with van der Waals surface area (Å²) in [6.07, 6.45) is 1.88. The lowest BCUT2D eigenvalue weighted by Gasteiger charge is -2.30. The molecule has 0 aliphatic carbocycles. The van der Waals surface area contributed by atoms with Gasteiger partial charge in [-0.3, -0.25) is 0 Å². The molecule has 1 aromatic carbocycles. The summed E-state index contributed by atoms with van der Waals surface area (Å²) in [4.78, 5) is 0.341. The van der Waals surface area contributed by atoms with Gasteiger partial charge < -0.3 is 5.32 Å². The first-order chi connectivity index (χ1) is 9.70. The third kappa shape index (κ3) is 4.05. The molecule has 0 spiro atoms. The Morgan fingerprint density at radius 1 is 1.19 bits per heavy atom. The topological polar surface area (TPSA) is 58.2 Å². The molecule has 1 aliphatic rings. The van der Waals surface area contributed by atoms with Crippen molar-refractivity contribution < 1.29 is 8.42 Å². The molecule has 0 saturated carbocycles. The van der Waals surface area contributed by atoms with E-state index in [1.807, 2.05) is 19.1 Å². The van der Waals surface area contributed by atoms with E-state index < -0.39 is 10.0 Å². The largest absolute Gasteiger partial charge is 0.313 e. The Morgan fingerprint density at radius 2 is 1.81 bits per heavy atom. The summed E-state index contributed by atoms with van der Waals surface area (Å²) in [6, 6.07) is 7.33. The van der Waals surface area contributed by atoms with Crippen molar-refractivity contribution in [2.45, 2.75) is 62.9 Å². The highest BCUT2D eigenvalue weighted by Gasteiger charge is 2.26. The number of rotatable bonds is 3. The lowest BCUT2D eigenvalue weighted by atomic mass is 9.87. The molecule has 0 radical (unpaired) electrons. The van der Waals surface area contributed by atoms with Gasteiger partial charge >= 0.3 is 0 Å². The van der Waals surface area contributed by atoms with Crippen LogP contribution in [-0.4, -0.2) is 27.0 Å². The van der Waals surface area contributed by atoms with Gasteiger partial charge in [0.25, 0.3) is 0 Å². The Balaban J connectivity index is 2.16. The highest BCUT2D eigenvalue weighted by molar-refractivity contribution is 7.89. The molecule has 0 aromatic heterocycles. The van der Waals surface area contributed by atoms with Gasteiger partial charge in [0, 0.05) is 12.1 Å². The van der Waals surface area contributed by atoms with Crippen LogP contribution in [0.3, 0.4) is 0 Å². The first kappa shape index (κ1) is 16.5. The molecule has 1 saturated heterocycles. The Hall–Kier alpha value is -0.910. The molecular weight excluding hydrogens is 284 g/mol. The molecular formula is C16H26N2O2S. The Bertz CT molecular complexity index is 573. The lowest BCUT2D eigenvalue weighted by Crippen LogP contribution is -2.51. The van der Waals surface area contributed by atoms with E-state index in [2.05, 4.69) is 30.8 Å². The number of hydrogen-bond donors (Lipinski definition) is 2.